The molecule has 0 saturated heterocycles. The third kappa shape index (κ3) is 1.74. The number of benzene rings is 1. The van der Waals surface area contributed by atoms with Crippen molar-refractivity contribution in [1.82, 2.24) is 9.78 Å². The fourth-order valence-electron chi connectivity index (χ4n) is 1.60. The number of halogens is 1. The first-order chi connectivity index (χ1) is 7.61. The monoisotopic (exact) mass is 280 g/mol. The second kappa shape index (κ2) is 4.09. The van der Waals surface area contributed by atoms with Gasteiger partial charge < -0.3 is 5.11 Å². The Labute approximate surface area is 101 Å². The number of aromatic carboxylic acids is 1. The minimum absolute atomic E-state index is 0.179. The molecule has 5 heteroatoms. The summed E-state index contributed by atoms with van der Waals surface area (Å²) in [5.74, 6) is -0.987. The first-order valence-electron chi connectivity index (χ1n) is 4.62. The van der Waals surface area contributed by atoms with E-state index in [2.05, 4.69) is 21.0 Å². The number of carbonyl (C=O) groups is 1. The Bertz CT molecular complexity index is 534. The van der Waals surface area contributed by atoms with E-state index in [1.807, 2.05) is 30.3 Å². The molecule has 2 rings (SSSR count). The van der Waals surface area contributed by atoms with Crippen LogP contribution in [0.2, 0.25) is 0 Å². The lowest BCUT2D eigenvalue weighted by atomic mass is 10.1. The van der Waals surface area contributed by atoms with Crippen LogP contribution in [0.5, 0.6) is 0 Å². The number of aryl methyl sites for hydroxylation is 1. The van der Waals surface area contributed by atoms with Crippen LogP contribution in [0.3, 0.4) is 0 Å². The van der Waals surface area contributed by atoms with Crippen molar-refractivity contribution in [3.63, 3.8) is 0 Å². The van der Waals surface area contributed by atoms with E-state index in [1.54, 1.807) is 7.05 Å². The van der Waals surface area contributed by atoms with Crippen molar-refractivity contribution in [3.8, 4) is 11.1 Å². The summed E-state index contributed by atoms with van der Waals surface area (Å²) >= 11 is 3.28. The van der Waals surface area contributed by atoms with Gasteiger partial charge in [-0.2, -0.15) is 5.10 Å². The van der Waals surface area contributed by atoms with E-state index >= 15 is 0 Å². The normalized spacial score (nSPS) is 10.4. The molecule has 0 aliphatic heterocycles. The number of rotatable bonds is 2. The predicted octanol–water partition coefficient (Wildman–Crippen LogP) is 2.55. The van der Waals surface area contributed by atoms with Gasteiger partial charge in [-0.25, -0.2) is 4.79 Å². The molecule has 2 aromatic rings. The number of carboxylic acid groups (broad SMARTS) is 1. The van der Waals surface area contributed by atoms with Crippen LogP contribution in [0, 0.1) is 0 Å². The average Bonchev–Trinajstić information content (AvgIpc) is 2.55. The molecule has 4 nitrogen and oxygen atoms in total. The van der Waals surface area contributed by atoms with E-state index in [4.69, 9.17) is 5.11 Å². The summed E-state index contributed by atoms with van der Waals surface area (Å²) in [5.41, 5.74) is 1.62. The zero-order valence-corrected chi connectivity index (χ0v) is 10.1. The first-order valence-corrected chi connectivity index (χ1v) is 5.41. The van der Waals surface area contributed by atoms with Crippen LogP contribution >= 0.6 is 15.9 Å². The third-order valence-corrected chi connectivity index (χ3v) is 2.82. The highest BCUT2D eigenvalue weighted by Gasteiger charge is 2.21. The van der Waals surface area contributed by atoms with Gasteiger partial charge in [-0.05, 0) is 21.5 Å². The molecule has 1 heterocycles. The summed E-state index contributed by atoms with van der Waals surface area (Å²) in [6.07, 6.45) is 0. The number of aromatic nitrogens is 2. The molecule has 1 aromatic heterocycles. The van der Waals surface area contributed by atoms with Gasteiger partial charge in [0.1, 0.15) is 4.60 Å². The van der Waals surface area contributed by atoms with E-state index in [0.29, 0.717) is 10.2 Å². The zero-order chi connectivity index (χ0) is 11.7. The van der Waals surface area contributed by atoms with Gasteiger partial charge in [0.2, 0.25) is 0 Å². The van der Waals surface area contributed by atoms with Gasteiger partial charge in [-0.3, -0.25) is 4.68 Å². The molecule has 0 fully saturated rings. The van der Waals surface area contributed by atoms with Crippen LogP contribution in [0.1, 0.15) is 10.5 Å². The molecule has 1 N–H and O–H groups in total. The van der Waals surface area contributed by atoms with Crippen LogP contribution in [-0.4, -0.2) is 20.9 Å². The Morgan fingerprint density at radius 2 is 2.00 bits per heavy atom. The summed E-state index contributed by atoms with van der Waals surface area (Å²) < 4.78 is 1.90. The lowest BCUT2D eigenvalue weighted by Gasteiger charge is -2.01. The van der Waals surface area contributed by atoms with Crippen molar-refractivity contribution in [2.24, 2.45) is 7.05 Å². The molecule has 0 aliphatic rings. The Morgan fingerprint density at radius 1 is 1.38 bits per heavy atom. The number of carboxylic acids is 1. The molecule has 0 bridgehead atoms. The Kier molecular flexibility index (Phi) is 2.78. The molecule has 0 saturated carbocycles. The summed E-state index contributed by atoms with van der Waals surface area (Å²) in [6, 6.07) is 9.32. The average molecular weight is 281 g/mol. The van der Waals surface area contributed by atoms with Gasteiger partial charge in [0, 0.05) is 12.6 Å². The second-order valence-electron chi connectivity index (χ2n) is 3.31. The highest BCUT2D eigenvalue weighted by molar-refractivity contribution is 9.10. The standard InChI is InChI=1S/C11H9BrN2O2/c1-14-9(11(15)16)8(10(12)13-14)7-5-3-2-4-6-7/h2-6H,1H3,(H,15,16). The van der Waals surface area contributed by atoms with E-state index in [9.17, 15) is 4.79 Å². The molecule has 0 spiro atoms. The summed E-state index contributed by atoms with van der Waals surface area (Å²) in [6.45, 7) is 0. The van der Waals surface area contributed by atoms with Crippen molar-refractivity contribution in [3.05, 3.63) is 40.6 Å². The van der Waals surface area contributed by atoms with Crippen LogP contribution < -0.4 is 0 Å². The molecule has 0 radical (unpaired) electrons. The maximum Gasteiger partial charge on any atom is 0.354 e. The van der Waals surface area contributed by atoms with E-state index in [0.717, 1.165) is 5.56 Å². The number of nitrogens with zero attached hydrogens (tertiary/aromatic N) is 2. The summed E-state index contributed by atoms with van der Waals surface area (Å²) in [4.78, 5) is 11.1. The van der Waals surface area contributed by atoms with E-state index in [-0.39, 0.29) is 5.69 Å². The minimum Gasteiger partial charge on any atom is -0.477 e. The predicted molar refractivity (Wildman–Crippen MR) is 63.3 cm³/mol. The largest absolute Gasteiger partial charge is 0.477 e. The molecule has 0 amide bonds. The van der Waals surface area contributed by atoms with Crippen LogP contribution in [0.15, 0.2) is 34.9 Å². The second-order valence-corrected chi connectivity index (χ2v) is 4.06. The van der Waals surface area contributed by atoms with Gasteiger partial charge in [0.05, 0.1) is 0 Å². The van der Waals surface area contributed by atoms with E-state index in [1.165, 1.54) is 4.68 Å². The molecular formula is C11H9BrN2O2. The Balaban J connectivity index is 2.69. The van der Waals surface area contributed by atoms with Crippen LogP contribution in [0.25, 0.3) is 11.1 Å². The summed E-state index contributed by atoms with van der Waals surface area (Å²) in [5, 5.41) is 13.2. The van der Waals surface area contributed by atoms with Crippen LogP contribution in [0.4, 0.5) is 0 Å². The molecule has 1 aromatic carbocycles. The first kappa shape index (κ1) is 10.9. The minimum atomic E-state index is -0.987. The maximum absolute atomic E-state index is 11.1. The SMILES string of the molecule is Cn1nc(Br)c(-c2ccccc2)c1C(=O)O. The third-order valence-electron chi connectivity index (χ3n) is 2.27. The molecule has 16 heavy (non-hydrogen) atoms. The van der Waals surface area contributed by atoms with Crippen molar-refractivity contribution >= 4 is 21.9 Å². The molecule has 0 unspecified atom stereocenters. The molecular weight excluding hydrogens is 272 g/mol. The van der Waals surface area contributed by atoms with Crippen molar-refractivity contribution in [2.45, 2.75) is 0 Å². The molecule has 0 aliphatic carbocycles. The zero-order valence-electron chi connectivity index (χ0n) is 8.51. The van der Waals surface area contributed by atoms with Crippen molar-refractivity contribution in [1.29, 1.82) is 0 Å². The van der Waals surface area contributed by atoms with Gasteiger partial charge in [-0.1, -0.05) is 30.3 Å². The quantitative estimate of drug-likeness (QED) is 0.920. The van der Waals surface area contributed by atoms with Crippen molar-refractivity contribution < 1.29 is 9.90 Å². The lowest BCUT2D eigenvalue weighted by molar-refractivity contribution is 0.0686. The fourth-order valence-corrected chi connectivity index (χ4v) is 2.25. The van der Waals surface area contributed by atoms with E-state index < -0.39 is 5.97 Å². The topological polar surface area (TPSA) is 55.1 Å². The van der Waals surface area contributed by atoms with Crippen molar-refractivity contribution in [2.75, 3.05) is 0 Å². The van der Waals surface area contributed by atoms with Gasteiger partial charge in [-0.15, -0.1) is 0 Å². The van der Waals surface area contributed by atoms with Gasteiger partial charge in [0.15, 0.2) is 5.69 Å². The Morgan fingerprint density at radius 3 is 2.56 bits per heavy atom. The van der Waals surface area contributed by atoms with Crippen LogP contribution in [-0.2, 0) is 7.05 Å². The van der Waals surface area contributed by atoms with Gasteiger partial charge in [0.25, 0.3) is 0 Å². The van der Waals surface area contributed by atoms with Gasteiger partial charge >= 0.3 is 5.97 Å². The highest BCUT2D eigenvalue weighted by Crippen LogP contribution is 2.30. The number of hydrogen-bond donors (Lipinski definition) is 1. The molecule has 0 atom stereocenters. The maximum atomic E-state index is 11.1. The fraction of sp³-hybridized carbons (Fsp3) is 0.0909. The smallest absolute Gasteiger partial charge is 0.354 e. The summed E-state index contributed by atoms with van der Waals surface area (Å²) in [7, 11) is 1.61. The Hall–Kier alpha value is -1.62. The number of hydrogen-bond acceptors (Lipinski definition) is 2. The highest BCUT2D eigenvalue weighted by atomic mass is 79.9. The lowest BCUT2D eigenvalue weighted by Crippen LogP contribution is -2.06. The molecule has 82 valence electrons.